The summed E-state index contributed by atoms with van der Waals surface area (Å²) in [5, 5.41) is 2.97. The minimum Gasteiger partial charge on any atom is -0.456 e. The fraction of sp³-hybridized carbons (Fsp3) is 0.176. The van der Waals surface area contributed by atoms with Crippen molar-refractivity contribution in [2.45, 2.75) is 11.3 Å². The van der Waals surface area contributed by atoms with E-state index in [0.717, 1.165) is 0 Å². The van der Waals surface area contributed by atoms with E-state index < -0.39 is 34.1 Å². The van der Waals surface area contributed by atoms with Gasteiger partial charge in [0.05, 0.1) is 17.1 Å². The largest absolute Gasteiger partial charge is 0.456 e. The lowest BCUT2D eigenvalue weighted by atomic mass is 10.3. The van der Waals surface area contributed by atoms with Crippen LogP contribution in [0.15, 0.2) is 59.5 Å². The number of ether oxygens (including phenoxy) is 1. The number of hydrogen-bond acceptors (Lipinski definition) is 5. The summed E-state index contributed by atoms with van der Waals surface area (Å²) in [4.78, 5) is 23.4. The Hall–Kier alpha value is -2.38. The molecule has 0 aliphatic heterocycles. The number of esters is 1. The van der Waals surface area contributed by atoms with E-state index in [2.05, 4.69) is 5.32 Å². The molecule has 0 saturated carbocycles. The molecule has 2 aromatic carbocycles. The molecule has 132 valence electrons. The van der Waals surface area contributed by atoms with Crippen molar-refractivity contribution in [3.05, 3.63) is 59.6 Å². The predicted octanol–water partition coefficient (Wildman–Crippen LogP) is 2.69. The number of anilines is 1. The van der Waals surface area contributed by atoms with Crippen LogP contribution in [0.2, 0.25) is 5.02 Å². The van der Waals surface area contributed by atoms with Crippen molar-refractivity contribution >= 4 is 39.0 Å². The maximum absolute atomic E-state index is 12.1. The van der Waals surface area contributed by atoms with Crippen LogP contribution >= 0.6 is 11.6 Å². The third kappa shape index (κ3) is 6.21. The van der Waals surface area contributed by atoms with Crippen molar-refractivity contribution in [3.63, 3.8) is 0 Å². The minimum atomic E-state index is -3.62. The normalized spacial score (nSPS) is 10.9. The molecule has 0 aliphatic rings. The Morgan fingerprint density at radius 2 is 1.64 bits per heavy atom. The maximum atomic E-state index is 12.1. The summed E-state index contributed by atoms with van der Waals surface area (Å²) in [6.45, 7) is -0.477. The summed E-state index contributed by atoms with van der Waals surface area (Å²) in [7, 11) is -3.62. The van der Waals surface area contributed by atoms with Crippen LogP contribution in [0.5, 0.6) is 0 Å². The van der Waals surface area contributed by atoms with E-state index in [1.54, 1.807) is 30.3 Å². The molecule has 0 unspecified atom stereocenters. The van der Waals surface area contributed by atoms with Gasteiger partial charge in [0.15, 0.2) is 16.4 Å². The third-order valence-electron chi connectivity index (χ3n) is 3.17. The van der Waals surface area contributed by atoms with Gasteiger partial charge in [-0.05, 0) is 36.4 Å². The Balaban J connectivity index is 1.78. The number of carbonyl (C=O) groups excluding carboxylic acids is 2. The van der Waals surface area contributed by atoms with Crippen molar-refractivity contribution in [1.82, 2.24) is 0 Å². The molecule has 0 spiro atoms. The smallest absolute Gasteiger partial charge is 0.307 e. The zero-order valence-electron chi connectivity index (χ0n) is 13.1. The average molecular weight is 382 g/mol. The van der Waals surface area contributed by atoms with Crippen LogP contribution in [0.1, 0.15) is 6.42 Å². The molecule has 0 saturated heterocycles. The van der Waals surface area contributed by atoms with Crippen molar-refractivity contribution in [2.24, 2.45) is 0 Å². The van der Waals surface area contributed by atoms with E-state index in [9.17, 15) is 18.0 Å². The quantitative estimate of drug-likeness (QED) is 0.745. The second-order valence-electron chi connectivity index (χ2n) is 5.10. The Bertz CT molecular complexity index is 835. The molecular weight excluding hydrogens is 366 g/mol. The van der Waals surface area contributed by atoms with Crippen LogP contribution in [-0.2, 0) is 24.2 Å². The highest BCUT2D eigenvalue weighted by molar-refractivity contribution is 7.91. The van der Waals surface area contributed by atoms with Gasteiger partial charge in [-0.3, -0.25) is 9.59 Å². The molecule has 0 fully saturated rings. The SMILES string of the molecule is O=C(COC(=O)CCS(=O)(=O)c1ccc(Cl)cc1)Nc1ccccc1. The third-order valence-corrected chi connectivity index (χ3v) is 5.15. The molecule has 0 aromatic heterocycles. The summed E-state index contributed by atoms with van der Waals surface area (Å²) in [5.74, 6) is -1.67. The lowest BCUT2D eigenvalue weighted by molar-refractivity contribution is -0.146. The van der Waals surface area contributed by atoms with E-state index >= 15 is 0 Å². The molecule has 2 rings (SSSR count). The first-order chi connectivity index (χ1) is 11.9. The summed E-state index contributed by atoms with van der Waals surface area (Å²) in [6, 6.07) is 14.4. The molecule has 2 aromatic rings. The number of nitrogens with one attached hydrogen (secondary N) is 1. The highest BCUT2D eigenvalue weighted by Crippen LogP contribution is 2.16. The number of halogens is 1. The van der Waals surface area contributed by atoms with Gasteiger partial charge < -0.3 is 10.1 Å². The predicted molar refractivity (Wildman–Crippen MR) is 94.2 cm³/mol. The zero-order chi connectivity index (χ0) is 18.3. The van der Waals surface area contributed by atoms with E-state index in [0.29, 0.717) is 10.7 Å². The Morgan fingerprint density at radius 3 is 2.28 bits per heavy atom. The number of carbonyl (C=O) groups is 2. The Kier molecular flexibility index (Phi) is 6.55. The molecule has 1 amide bonds. The number of para-hydroxylation sites is 1. The van der Waals surface area contributed by atoms with Crippen molar-refractivity contribution in [2.75, 3.05) is 17.7 Å². The number of benzene rings is 2. The first-order valence-corrected chi connectivity index (χ1v) is 9.39. The van der Waals surface area contributed by atoms with Gasteiger partial charge >= 0.3 is 5.97 Å². The second kappa shape index (κ2) is 8.64. The van der Waals surface area contributed by atoms with Crippen LogP contribution < -0.4 is 5.32 Å². The highest BCUT2D eigenvalue weighted by Gasteiger charge is 2.17. The van der Waals surface area contributed by atoms with Crippen LogP contribution in [0.25, 0.3) is 0 Å². The lowest BCUT2D eigenvalue weighted by Gasteiger charge is -2.07. The Morgan fingerprint density at radius 1 is 1.00 bits per heavy atom. The molecule has 25 heavy (non-hydrogen) atoms. The van der Waals surface area contributed by atoms with E-state index in [1.807, 2.05) is 0 Å². The van der Waals surface area contributed by atoms with E-state index in [4.69, 9.17) is 16.3 Å². The highest BCUT2D eigenvalue weighted by atomic mass is 35.5. The monoisotopic (exact) mass is 381 g/mol. The fourth-order valence-electron chi connectivity index (χ4n) is 1.91. The molecule has 1 N–H and O–H groups in total. The average Bonchev–Trinajstić information content (AvgIpc) is 2.59. The maximum Gasteiger partial charge on any atom is 0.307 e. The van der Waals surface area contributed by atoms with Gasteiger partial charge in [-0.1, -0.05) is 29.8 Å². The number of hydrogen-bond donors (Lipinski definition) is 1. The standard InChI is InChI=1S/C17H16ClNO5S/c18-13-6-8-15(9-7-13)25(22,23)11-10-17(21)24-12-16(20)19-14-4-2-1-3-5-14/h1-9H,10-12H2,(H,19,20). The topological polar surface area (TPSA) is 89.5 Å². The summed E-state index contributed by atoms with van der Waals surface area (Å²) in [5.41, 5.74) is 0.578. The van der Waals surface area contributed by atoms with Crippen LogP contribution in [0.3, 0.4) is 0 Å². The van der Waals surface area contributed by atoms with E-state index in [-0.39, 0.29) is 11.3 Å². The molecule has 8 heteroatoms. The van der Waals surface area contributed by atoms with Gasteiger partial charge in [0.25, 0.3) is 5.91 Å². The van der Waals surface area contributed by atoms with Gasteiger partial charge in [0.1, 0.15) is 0 Å². The van der Waals surface area contributed by atoms with Crippen LogP contribution in [0.4, 0.5) is 5.69 Å². The molecule has 0 bridgehead atoms. The summed E-state index contributed by atoms with van der Waals surface area (Å²) in [6.07, 6.45) is -0.344. The molecule has 0 aliphatic carbocycles. The zero-order valence-corrected chi connectivity index (χ0v) is 14.7. The lowest BCUT2D eigenvalue weighted by Crippen LogP contribution is -2.22. The van der Waals surface area contributed by atoms with Crippen LogP contribution in [-0.4, -0.2) is 32.7 Å². The first-order valence-electron chi connectivity index (χ1n) is 7.36. The Labute approximate surface area is 150 Å². The molecular formula is C17H16ClNO5S. The van der Waals surface area contributed by atoms with Gasteiger partial charge in [0.2, 0.25) is 0 Å². The molecule has 0 atom stereocenters. The summed E-state index contributed by atoms with van der Waals surface area (Å²) < 4.78 is 29.0. The molecule has 0 radical (unpaired) electrons. The van der Waals surface area contributed by atoms with Gasteiger partial charge in [-0.25, -0.2) is 8.42 Å². The minimum absolute atomic E-state index is 0.0755. The van der Waals surface area contributed by atoms with Gasteiger partial charge in [0, 0.05) is 10.7 Å². The second-order valence-corrected chi connectivity index (χ2v) is 7.64. The van der Waals surface area contributed by atoms with Crippen LogP contribution in [0, 0.1) is 0 Å². The molecule has 6 nitrogen and oxygen atoms in total. The fourth-order valence-corrected chi connectivity index (χ4v) is 3.26. The van der Waals surface area contributed by atoms with Gasteiger partial charge in [-0.2, -0.15) is 0 Å². The van der Waals surface area contributed by atoms with E-state index in [1.165, 1.54) is 24.3 Å². The molecule has 0 heterocycles. The number of sulfone groups is 1. The van der Waals surface area contributed by atoms with Crippen molar-refractivity contribution in [3.8, 4) is 0 Å². The van der Waals surface area contributed by atoms with Gasteiger partial charge in [-0.15, -0.1) is 0 Å². The summed E-state index contributed by atoms with van der Waals surface area (Å²) >= 11 is 5.71. The van der Waals surface area contributed by atoms with Crippen molar-refractivity contribution < 1.29 is 22.7 Å². The number of amides is 1. The van der Waals surface area contributed by atoms with Crippen molar-refractivity contribution in [1.29, 1.82) is 0 Å². The number of rotatable bonds is 7. The first kappa shape index (κ1) is 19.0.